The molecule has 2 N–H and O–H groups in total. The molecular formula is C25H16IN3O2S. The van der Waals surface area contributed by atoms with E-state index in [2.05, 4.69) is 56.4 Å². The Balaban J connectivity index is 1.36. The molecule has 156 valence electrons. The maximum absolute atomic E-state index is 12.4. The maximum Gasteiger partial charge on any atom is 0.257 e. The second-order valence-corrected chi connectivity index (χ2v) is 8.80. The van der Waals surface area contributed by atoms with Crippen molar-refractivity contribution in [3.8, 4) is 11.5 Å². The topological polar surface area (TPSA) is 67.2 Å². The number of hydrogen-bond donors (Lipinski definition) is 2. The summed E-state index contributed by atoms with van der Waals surface area (Å²) in [5.41, 5.74) is 3.57. The van der Waals surface area contributed by atoms with Crippen molar-refractivity contribution >= 4 is 73.4 Å². The summed E-state index contributed by atoms with van der Waals surface area (Å²) in [6.07, 6.45) is 0. The molecule has 4 aromatic carbocycles. The quantitative estimate of drug-likeness (QED) is 0.202. The molecule has 0 aliphatic rings. The summed E-state index contributed by atoms with van der Waals surface area (Å²) in [6, 6.07) is 27.0. The van der Waals surface area contributed by atoms with Crippen LogP contribution in [0.4, 0.5) is 5.69 Å². The van der Waals surface area contributed by atoms with Gasteiger partial charge < -0.3 is 9.73 Å². The summed E-state index contributed by atoms with van der Waals surface area (Å²) in [5, 5.41) is 8.16. The van der Waals surface area contributed by atoms with Gasteiger partial charge in [0.2, 0.25) is 5.89 Å². The Kier molecular flexibility index (Phi) is 5.59. The summed E-state index contributed by atoms with van der Waals surface area (Å²) in [5.74, 6) is 0.295. The fourth-order valence-electron chi connectivity index (χ4n) is 3.47. The molecule has 7 heteroatoms. The molecule has 0 saturated heterocycles. The van der Waals surface area contributed by atoms with Crippen LogP contribution in [0.2, 0.25) is 0 Å². The Bertz CT molecular complexity index is 1470. The highest BCUT2D eigenvalue weighted by atomic mass is 127. The highest BCUT2D eigenvalue weighted by Gasteiger charge is 2.13. The van der Waals surface area contributed by atoms with Gasteiger partial charge in [-0.05, 0) is 94.1 Å². The fraction of sp³-hybridized carbons (Fsp3) is 0. The van der Waals surface area contributed by atoms with Crippen molar-refractivity contribution in [2.24, 2.45) is 0 Å². The van der Waals surface area contributed by atoms with Crippen molar-refractivity contribution in [3.63, 3.8) is 0 Å². The lowest BCUT2D eigenvalue weighted by Crippen LogP contribution is -2.34. The first-order valence-electron chi connectivity index (χ1n) is 9.83. The van der Waals surface area contributed by atoms with E-state index in [1.165, 1.54) is 0 Å². The van der Waals surface area contributed by atoms with Crippen molar-refractivity contribution in [2.75, 3.05) is 5.32 Å². The number of amides is 1. The van der Waals surface area contributed by atoms with Gasteiger partial charge in [-0.1, -0.05) is 36.4 Å². The molecule has 32 heavy (non-hydrogen) atoms. The highest BCUT2D eigenvalue weighted by Crippen LogP contribution is 2.31. The summed E-state index contributed by atoms with van der Waals surface area (Å²) in [4.78, 5) is 17.0. The van der Waals surface area contributed by atoms with Crippen LogP contribution in [0.5, 0.6) is 0 Å². The van der Waals surface area contributed by atoms with Crippen molar-refractivity contribution in [1.82, 2.24) is 10.3 Å². The second kappa shape index (κ2) is 8.68. The molecule has 0 radical (unpaired) electrons. The van der Waals surface area contributed by atoms with Crippen LogP contribution in [0.25, 0.3) is 33.3 Å². The molecule has 1 heterocycles. The zero-order valence-electron chi connectivity index (χ0n) is 16.6. The van der Waals surface area contributed by atoms with Gasteiger partial charge in [0.25, 0.3) is 5.91 Å². The van der Waals surface area contributed by atoms with Gasteiger partial charge in [0.1, 0.15) is 5.52 Å². The van der Waals surface area contributed by atoms with E-state index in [0.29, 0.717) is 28.2 Å². The molecule has 5 rings (SSSR count). The Hall–Kier alpha value is -3.30. The standard InChI is InChI=1S/C25H16IN3O2S/c26-17-10-8-16(9-11-17)23(30)29-25(32)27-18-12-13-22-21(14-18)28-24(31-22)20-7-3-5-15-4-1-2-6-19(15)20/h1-14H,(H2,27,29,30,32). The van der Waals surface area contributed by atoms with Crippen molar-refractivity contribution in [3.05, 3.63) is 94.1 Å². The number of benzene rings is 4. The maximum atomic E-state index is 12.4. The number of nitrogens with zero attached hydrogens (tertiary/aromatic N) is 1. The smallest absolute Gasteiger partial charge is 0.257 e. The van der Waals surface area contributed by atoms with Gasteiger partial charge >= 0.3 is 0 Å². The summed E-state index contributed by atoms with van der Waals surface area (Å²) >= 11 is 7.50. The molecule has 0 aliphatic carbocycles. The first-order chi connectivity index (χ1) is 15.6. The minimum absolute atomic E-state index is 0.214. The van der Waals surface area contributed by atoms with Gasteiger partial charge in [-0.3, -0.25) is 10.1 Å². The number of nitrogens with one attached hydrogen (secondary N) is 2. The lowest BCUT2D eigenvalue weighted by atomic mass is 10.0. The SMILES string of the molecule is O=C(NC(=S)Nc1ccc2oc(-c3cccc4ccccc34)nc2c1)c1ccc(I)cc1. The van der Waals surface area contributed by atoms with Crippen LogP contribution in [0.1, 0.15) is 10.4 Å². The normalized spacial score (nSPS) is 10.9. The van der Waals surface area contributed by atoms with Crippen LogP contribution < -0.4 is 10.6 Å². The Morgan fingerprint density at radius 3 is 2.56 bits per heavy atom. The molecule has 1 amide bonds. The number of oxazole rings is 1. The zero-order chi connectivity index (χ0) is 22.1. The predicted molar refractivity (Wildman–Crippen MR) is 140 cm³/mol. The fourth-order valence-corrected chi connectivity index (χ4v) is 4.04. The van der Waals surface area contributed by atoms with E-state index >= 15 is 0 Å². The minimum Gasteiger partial charge on any atom is -0.436 e. The summed E-state index contributed by atoms with van der Waals surface area (Å²) in [7, 11) is 0. The van der Waals surface area contributed by atoms with Gasteiger partial charge in [0.05, 0.1) is 0 Å². The van der Waals surface area contributed by atoms with E-state index in [9.17, 15) is 4.79 Å². The number of carbonyl (C=O) groups is 1. The van der Waals surface area contributed by atoms with E-state index in [0.717, 1.165) is 19.9 Å². The van der Waals surface area contributed by atoms with Gasteiger partial charge in [-0.15, -0.1) is 0 Å². The van der Waals surface area contributed by atoms with E-state index in [1.54, 1.807) is 12.1 Å². The number of fused-ring (bicyclic) bond motifs is 2. The Morgan fingerprint density at radius 1 is 0.938 bits per heavy atom. The van der Waals surface area contributed by atoms with Crippen molar-refractivity contribution in [2.45, 2.75) is 0 Å². The Morgan fingerprint density at radius 2 is 1.72 bits per heavy atom. The van der Waals surface area contributed by atoms with Crippen molar-refractivity contribution < 1.29 is 9.21 Å². The lowest BCUT2D eigenvalue weighted by Gasteiger charge is -2.09. The number of halogens is 1. The average Bonchev–Trinajstić information content (AvgIpc) is 3.22. The van der Waals surface area contributed by atoms with Gasteiger partial charge in [-0.25, -0.2) is 4.98 Å². The molecule has 5 nitrogen and oxygen atoms in total. The second-order valence-electron chi connectivity index (χ2n) is 7.14. The van der Waals surface area contributed by atoms with Gasteiger partial charge in [-0.2, -0.15) is 0 Å². The largest absolute Gasteiger partial charge is 0.436 e. The first-order valence-corrected chi connectivity index (χ1v) is 11.3. The number of rotatable bonds is 3. The molecule has 1 aromatic heterocycles. The number of hydrogen-bond acceptors (Lipinski definition) is 4. The third kappa shape index (κ3) is 4.21. The third-order valence-electron chi connectivity index (χ3n) is 5.00. The van der Waals surface area contributed by atoms with E-state index in [4.69, 9.17) is 16.6 Å². The van der Waals surface area contributed by atoms with E-state index in [-0.39, 0.29) is 11.0 Å². The van der Waals surface area contributed by atoms with Crippen LogP contribution >= 0.6 is 34.8 Å². The molecule has 0 atom stereocenters. The molecule has 0 spiro atoms. The number of carbonyl (C=O) groups excluding carboxylic acids is 1. The third-order valence-corrected chi connectivity index (χ3v) is 5.92. The number of anilines is 1. The van der Waals surface area contributed by atoms with Crippen LogP contribution in [0.3, 0.4) is 0 Å². The molecule has 5 aromatic rings. The molecule has 0 saturated carbocycles. The lowest BCUT2D eigenvalue weighted by molar-refractivity contribution is 0.0977. The zero-order valence-corrected chi connectivity index (χ0v) is 19.6. The van der Waals surface area contributed by atoms with E-state index in [1.807, 2.05) is 54.6 Å². The molecule has 0 unspecified atom stereocenters. The molecular weight excluding hydrogens is 533 g/mol. The first kappa shape index (κ1) is 20.6. The van der Waals surface area contributed by atoms with E-state index < -0.39 is 0 Å². The highest BCUT2D eigenvalue weighted by molar-refractivity contribution is 14.1. The molecule has 0 aliphatic heterocycles. The predicted octanol–water partition coefficient (Wildman–Crippen LogP) is 6.38. The van der Waals surface area contributed by atoms with Crippen molar-refractivity contribution in [1.29, 1.82) is 0 Å². The number of aromatic nitrogens is 1. The number of thiocarbonyl (C=S) groups is 1. The van der Waals surface area contributed by atoms with Gasteiger partial charge in [0, 0.05) is 20.4 Å². The summed E-state index contributed by atoms with van der Waals surface area (Å²) < 4.78 is 7.07. The van der Waals surface area contributed by atoms with Crippen LogP contribution in [0.15, 0.2) is 89.3 Å². The summed E-state index contributed by atoms with van der Waals surface area (Å²) in [6.45, 7) is 0. The average molecular weight is 549 g/mol. The monoisotopic (exact) mass is 549 g/mol. The minimum atomic E-state index is -0.264. The molecule has 0 bridgehead atoms. The van der Waals surface area contributed by atoms with Gasteiger partial charge in [0.15, 0.2) is 10.7 Å². The van der Waals surface area contributed by atoms with Crippen LogP contribution in [-0.4, -0.2) is 16.0 Å². The van der Waals surface area contributed by atoms with Crippen LogP contribution in [0, 0.1) is 3.57 Å². The molecule has 0 fully saturated rings. The van der Waals surface area contributed by atoms with Crippen LogP contribution in [-0.2, 0) is 0 Å². The Labute approximate surface area is 203 Å².